The molecule has 0 unspecified atom stereocenters. The number of imidazole rings is 1. The first-order chi connectivity index (χ1) is 13.8. The first kappa shape index (κ1) is 20.4. The fraction of sp³-hybridized carbons (Fsp3) is 0.318. The SMILES string of the molecule is Cc1ccc(C)c(NC(=O)c2ccc3c(c2)ncn3CCNC(=O)NC(C)C)c1. The maximum Gasteiger partial charge on any atom is 0.315 e. The summed E-state index contributed by atoms with van der Waals surface area (Å²) in [5.74, 6) is -0.165. The standard InChI is InChI=1S/C22H27N5O2/c1-14(2)25-22(29)23-9-10-27-13-24-19-12-17(7-8-20(19)27)21(28)26-18-11-15(3)5-6-16(18)4/h5-8,11-14H,9-10H2,1-4H3,(H,26,28)(H2,23,25,29). The molecule has 0 fully saturated rings. The zero-order chi connectivity index (χ0) is 21.0. The lowest BCUT2D eigenvalue weighted by Gasteiger charge is -2.11. The predicted molar refractivity (Wildman–Crippen MR) is 115 cm³/mol. The van der Waals surface area contributed by atoms with Gasteiger partial charge in [-0.05, 0) is 63.1 Å². The number of hydrogen-bond acceptors (Lipinski definition) is 3. The Balaban J connectivity index is 1.67. The molecular weight excluding hydrogens is 366 g/mol. The van der Waals surface area contributed by atoms with Gasteiger partial charge >= 0.3 is 6.03 Å². The van der Waals surface area contributed by atoms with E-state index in [-0.39, 0.29) is 18.0 Å². The van der Waals surface area contributed by atoms with Gasteiger partial charge in [0.05, 0.1) is 17.4 Å². The summed E-state index contributed by atoms with van der Waals surface area (Å²) in [4.78, 5) is 28.7. The molecular formula is C22H27N5O2. The normalized spacial score (nSPS) is 10.9. The van der Waals surface area contributed by atoms with Gasteiger partial charge in [-0.25, -0.2) is 9.78 Å². The molecule has 0 aliphatic heterocycles. The van der Waals surface area contributed by atoms with Crippen LogP contribution in [0.25, 0.3) is 11.0 Å². The number of carbonyl (C=O) groups is 2. The summed E-state index contributed by atoms with van der Waals surface area (Å²) in [6.07, 6.45) is 1.72. The van der Waals surface area contributed by atoms with Crippen molar-refractivity contribution >= 4 is 28.7 Å². The molecule has 0 aliphatic carbocycles. The average Bonchev–Trinajstić information content (AvgIpc) is 3.06. The Bertz CT molecular complexity index is 1040. The van der Waals surface area contributed by atoms with Crippen LogP contribution >= 0.6 is 0 Å². The first-order valence-electron chi connectivity index (χ1n) is 9.71. The summed E-state index contributed by atoms with van der Waals surface area (Å²) in [6.45, 7) is 8.87. The van der Waals surface area contributed by atoms with Crippen molar-refractivity contribution in [1.29, 1.82) is 0 Å². The predicted octanol–water partition coefficient (Wildman–Crippen LogP) is 3.61. The minimum absolute atomic E-state index is 0.0947. The van der Waals surface area contributed by atoms with Gasteiger partial charge in [-0.2, -0.15) is 0 Å². The molecule has 3 N–H and O–H groups in total. The molecule has 7 nitrogen and oxygen atoms in total. The third kappa shape index (κ3) is 5.13. The minimum Gasteiger partial charge on any atom is -0.336 e. The number of rotatable bonds is 6. The summed E-state index contributed by atoms with van der Waals surface area (Å²) < 4.78 is 1.96. The highest BCUT2D eigenvalue weighted by atomic mass is 16.2. The molecule has 152 valence electrons. The molecule has 0 aliphatic rings. The number of nitrogens with one attached hydrogen (secondary N) is 3. The van der Waals surface area contributed by atoms with E-state index in [1.54, 1.807) is 18.5 Å². The molecule has 29 heavy (non-hydrogen) atoms. The van der Waals surface area contributed by atoms with Gasteiger partial charge in [-0.3, -0.25) is 4.79 Å². The second-order valence-electron chi connectivity index (χ2n) is 7.47. The van der Waals surface area contributed by atoms with Crippen LogP contribution in [0.15, 0.2) is 42.7 Å². The Morgan fingerprint density at radius 1 is 1.10 bits per heavy atom. The van der Waals surface area contributed by atoms with Gasteiger partial charge in [0.2, 0.25) is 0 Å². The van der Waals surface area contributed by atoms with Crippen LogP contribution in [0, 0.1) is 13.8 Å². The lowest BCUT2D eigenvalue weighted by molar-refractivity contribution is 0.102. The van der Waals surface area contributed by atoms with Crippen LogP contribution in [0.2, 0.25) is 0 Å². The van der Waals surface area contributed by atoms with Crippen LogP contribution in [0.3, 0.4) is 0 Å². The summed E-state index contributed by atoms with van der Waals surface area (Å²) in [5, 5.41) is 8.58. The fourth-order valence-corrected chi connectivity index (χ4v) is 3.05. The molecule has 0 atom stereocenters. The van der Waals surface area contributed by atoms with Crippen molar-refractivity contribution in [2.75, 3.05) is 11.9 Å². The number of carbonyl (C=O) groups excluding carboxylic acids is 2. The van der Waals surface area contributed by atoms with Crippen LogP contribution in [0.4, 0.5) is 10.5 Å². The number of amides is 3. The lowest BCUT2D eigenvalue weighted by atomic mass is 10.1. The maximum absolute atomic E-state index is 12.7. The topological polar surface area (TPSA) is 88.1 Å². The number of hydrogen-bond donors (Lipinski definition) is 3. The third-order valence-electron chi connectivity index (χ3n) is 4.58. The Labute approximate surface area is 170 Å². The zero-order valence-electron chi connectivity index (χ0n) is 17.2. The number of urea groups is 1. The Morgan fingerprint density at radius 2 is 1.90 bits per heavy atom. The van der Waals surface area contributed by atoms with E-state index in [9.17, 15) is 9.59 Å². The van der Waals surface area contributed by atoms with Crippen LogP contribution in [-0.2, 0) is 6.54 Å². The summed E-state index contributed by atoms with van der Waals surface area (Å²) in [7, 11) is 0. The Kier molecular flexibility index (Phi) is 6.16. The van der Waals surface area contributed by atoms with E-state index in [1.165, 1.54) is 0 Å². The lowest BCUT2D eigenvalue weighted by Crippen LogP contribution is -2.40. The van der Waals surface area contributed by atoms with Crippen molar-refractivity contribution in [3.05, 3.63) is 59.4 Å². The summed E-state index contributed by atoms with van der Waals surface area (Å²) >= 11 is 0. The Hall–Kier alpha value is -3.35. The van der Waals surface area contributed by atoms with E-state index in [0.29, 0.717) is 18.7 Å². The number of benzene rings is 2. The van der Waals surface area contributed by atoms with E-state index >= 15 is 0 Å². The van der Waals surface area contributed by atoms with E-state index in [2.05, 4.69) is 20.9 Å². The molecule has 0 radical (unpaired) electrons. The van der Waals surface area contributed by atoms with Crippen LogP contribution in [-0.4, -0.2) is 34.1 Å². The van der Waals surface area contributed by atoms with Crippen molar-refractivity contribution in [3.63, 3.8) is 0 Å². The molecule has 0 saturated carbocycles. The van der Waals surface area contributed by atoms with E-state index in [1.807, 2.05) is 56.5 Å². The van der Waals surface area contributed by atoms with Crippen molar-refractivity contribution in [2.24, 2.45) is 0 Å². The number of nitrogens with zero attached hydrogens (tertiary/aromatic N) is 2. The number of aryl methyl sites for hydroxylation is 2. The zero-order valence-corrected chi connectivity index (χ0v) is 17.2. The Morgan fingerprint density at radius 3 is 2.66 bits per heavy atom. The van der Waals surface area contributed by atoms with E-state index < -0.39 is 0 Å². The van der Waals surface area contributed by atoms with Crippen molar-refractivity contribution in [3.8, 4) is 0 Å². The largest absolute Gasteiger partial charge is 0.336 e. The van der Waals surface area contributed by atoms with E-state index in [0.717, 1.165) is 27.8 Å². The highest BCUT2D eigenvalue weighted by Gasteiger charge is 2.11. The van der Waals surface area contributed by atoms with Gasteiger partial charge in [0.1, 0.15) is 0 Å². The average molecular weight is 393 g/mol. The number of fused-ring (bicyclic) bond motifs is 1. The minimum atomic E-state index is -0.185. The molecule has 0 bridgehead atoms. The smallest absolute Gasteiger partial charge is 0.315 e. The number of anilines is 1. The van der Waals surface area contributed by atoms with Gasteiger partial charge in [0.25, 0.3) is 5.91 Å². The molecule has 7 heteroatoms. The van der Waals surface area contributed by atoms with Crippen molar-refractivity contribution in [1.82, 2.24) is 20.2 Å². The molecule has 2 aromatic carbocycles. The highest BCUT2D eigenvalue weighted by molar-refractivity contribution is 6.06. The molecule has 1 heterocycles. The molecule has 1 aromatic heterocycles. The van der Waals surface area contributed by atoms with E-state index in [4.69, 9.17) is 0 Å². The first-order valence-corrected chi connectivity index (χ1v) is 9.71. The van der Waals surface area contributed by atoms with Crippen LogP contribution in [0.5, 0.6) is 0 Å². The summed E-state index contributed by atoms with van der Waals surface area (Å²) in [6, 6.07) is 11.3. The second kappa shape index (κ2) is 8.77. The van der Waals surface area contributed by atoms with Crippen molar-refractivity contribution < 1.29 is 9.59 Å². The third-order valence-corrected chi connectivity index (χ3v) is 4.58. The van der Waals surface area contributed by atoms with Gasteiger partial charge in [-0.1, -0.05) is 12.1 Å². The van der Waals surface area contributed by atoms with Crippen LogP contribution in [0.1, 0.15) is 35.3 Å². The highest BCUT2D eigenvalue weighted by Crippen LogP contribution is 2.19. The van der Waals surface area contributed by atoms with Gasteiger partial charge in [0, 0.05) is 30.4 Å². The van der Waals surface area contributed by atoms with Gasteiger partial charge < -0.3 is 20.5 Å². The second-order valence-corrected chi connectivity index (χ2v) is 7.47. The molecule has 0 saturated heterocycles. The number of aromatic nitrogens is 2. The molecule has 0 spiro atoms. The molecule has 3 aromatic rings. The quantitative estimate of drug-likeness (QED) is 0.598. The molecule has 3 amide bonds. The van der Waals surface area contributed by atoms with Gasteiger partial charge in [-0.15, -0.1) is 0 Å². The van der Waals surface area contributed by atoms with Crippen molar-refractivity contribution in [2.45, 2.75) is 40.3 Å². The maximum atomic E-state index is 12.7. The fourth-order valence-electron chi connectivity index (χ4n) is 3.05. The summed E-state index contributed by atoms with van der Waals surface area (Å²) in [5.41, 5.74) is 5.13. The van der Waals surface area contributed by atoms with Crippen LogP contribution < -0.4 is 16.0 Å². The van der Waals surface area contributed by atoms with Gasteiger partial charge in [0.15, 0.2) is 0 Å². The monoisotopic (exact) mass is 393 g/mol. The molecule has 3 rings (SSSR count).